The van der Waals surface area contributed by atoms with E-state index in [4.69, 9.17) is 16.3 Å². The Balaban J connectivity index is 1.63. The van der Waals surface area contributed by atoms with Gasteiger partial charge >= 0.3 is 0 Å². The van der Waals surface area contributed by atoms with E-state index in [1.165, 1.54) is 25.4 Å². The standard InChI is InChI=1S/C25H29ClFN5O3S/c1-15(2)36(33,34)23-7-5-4-6-20(23)30-24-18(26)14-29-25(32-24)31-21-13-19(27)17(12-22(21)35-3)16-8-10-28-11-9-16/h4-7,12-16,28H,8-11H2,1-3H3,(H2,29,30,31,32). The first-order valence-electron chi connectivity index (χ1n) is 11.7. The predicted molar refractivity (Wildman–Crippen MR) is 140 cm³/mol. The van der Waals surface area contributed by atoms with E-state index >= 15 is 4.39 Å². The zero-order valence-electron chi connectivity index (χ0n) is 20.3. The van der Waals surface area contributed by atoms with Crippen LogP contribution in [0.4, 0.5) is 27.5 Å². The van der Waals surface area contributed by atoms with Crippen LogP contribution in [0.25, 0.3) is 0 Å². The van der Waals surface area contributed by atoms with Crippen molar-refractivity contribution in [3.05, 3.63) is 59.0 Å². The lowest BCUT2D eigenvalue weighted by Crippen LogP contribution is -2.27. The summed E-state index contributed by atoms with van der Waals surface area (Å²) >= 11 is 6.31. The summed E-state index contributed by atoms with van der Waals surface area (Å²) in [5.74, 6) is 0.598. The van der Waals surface area contributed by atoms with E-state index in [1.54, 1.807) is 38.1 Å². The van der Waals surface area contributed by atoms with Crippen molar-refractivity contribution in [1.29, 1.82) is 0 Å². The number of benzene rings is 2. The molecule has 3 aromatic rings. The van der Waals surface area contributed by atoms with Crippen LogP contribution in [0.5, 0.6) is 5.75 Å². The number of para-hydroxylation sites is 1. The van der Waals surface area contributed by atoms with E-state index < -0.39 is 15.1 Å². The zero-order chi connectivity index (χ0) is 25.9. The third-order valence-electron chi connectivity index (χ3n) is 6.16. The van der Waals surface area contributed by atoms with E-state index in [0.717, 1.165) is 25.9 Å². The number of hydrogen-bond acceptors (Lipinski definition) is 8. The highest BCUT2D eigenvalue weighted by Crippen LogP contribution is 2.36. The van der Waals surface area contributed by atoms with Crippen molar-refractivity contribution < 1.29 is 17.5 Å². The van der Waals surface area contributed by atoms with Gasteiger partial charge < -0.3 is 20.7 Å². The third-order valence-corrected chi connectivity index (χ3v) is 8.64. The second kappa shape index (κ2) is 11.0. The molecule has 0 saturated carbocycles. The molecule has 1 aromatic heterocycles. The van der Waals surface area contributed by atoms with Crippen LogP contribution in [-0.2, 0) is 9.84 Å². The molecule has 0 aliphatic carbocycles. The van der Waals surface area contributed by atoms with Gasteiger partial charge in [-0.05, 0) is 69.5 Å². The maximum absolute atomic E-state index is 15.1. The molecule has 3 N–H and O–H groups in total. The monoisotopic (exact) mass is 533 g/mol. The lowest BCUT2D eigenvalue weighted by molar-refractivity contribution is 0.409. The Bertz CT molecular complexity index is 1350. The number of ether oxygens (including phenoxy) is 1. The van der Waals surface area contributed by atoms with Crippen molar-refractivity contribution in [2.75, 3.05) is 30.8 Å². The fraction of sp³-hybridized carbons (Fsp3) is 0.360. The van der Waals surface area contributed by atoms with Gasteiger partial charge in [-0.2, -0.15) is 4.98 Å². The number of methoxy groups -OCH3 is 1. The van der Waals surface area contributed by atoms with Gasteiger partial charge in [0.05, 0.1) is 34.8 Å². The van der Waals surface area contributed by atoms with Gasteiger partial charge in [-0.1, -0.05) is 23.7 Å². The van der Waals surface area contributed by atoms with E-state index in [0.29, 0.717) is 22.7 Å². The fourth-order valence-electron chi connectivity index (χ4n) is 4.12. The molecule has 2 heterocycles. The van der Waals surface area contributed by atoms with Gasteiger partial charge in [-0.15, -0.1) is 0 Å². The van der Waals surface area contributed by atoms with Crippen molar-refractivity contribution in [1.82, 2.24) is 15.3 Å². The number of sulfone groups is 1. The highest BCUT2D eigenvalue weighted by atomic mass is 35.5. The predicted octanol–water partition coefficient (Wildman–Crippen LogP) is 5.41. The SMILES string of the molecule is COc1cc(C2CCNCC2)c(F)cc1Nc1ncc(Cl)c(Nc2ccccc2S(=O)(=O)C(C)C)n1. The zero-order valence-corrected chi connectivity index (χ0v) is 21.9. The number of rotatable bonds is 8. The van der Waals surface area contributed by atoms with E-state index in [1.807, 2.05) is 0 Å². The summed E-state index contributed by atoms with van der Waals surface area (Å²) in [5.41, 5.74) is 1.33. The van der Waals surface area contributed by atoms with Crippen LogP contribution in [0.1, 0.15) is 38.2 Å². The fourth-order valence-corrected chi connectivity index (χ4v) is 5.46. The molecular formula is C25H29ClFN5O3S. The van der Waals surface area contributed by atoms with Crippen LogP contribution in [0.3, 0.4) is 0 Å². The van der Waals surface area contributed by atoms with Gasteiger partial charge in [-0.3, -0.25) is 0 Å². The maximum Gasteiger partial charge on any atom is 0.229 e. The quantitative estimate of drug-likeness (QED) is 0.353. The Morgan fingerprint density at radius 2 is 1.86 bits per heavy atom. The first-order chi connectivity index (χ1) is 17.2. The van der Waals surface area contributed by atoms with Gasteiger partial charge in [0.1, 0.15) is 16.6 Å². The lowest BCUT2D eigenvalue weighted by Gasteiger charge is -2.24. The number of nitrogens with one attached hydrogen (secondary N) is 3. The molecule has 1 aliphatic rings. The normalized spacial score (nSPS) is 14.6. The highest BCUT2D eigenvalue weighted by Gasteiger charge is 2.24. The van der Waals surface area contributed by atoms with Gasteiger partial charge in [0, 0.05) is 6.07 Å². The summed E-state index contributed by atoms with van der Waals surface area (Å²) in [4.78, 5) is 8.74. The van der Waals surface area contributed by atoms with Gasteiger partial charge in [0.25, 0.3) is 0 Å². The average Bonchev–Trinajstić information content (AvgIpc) is 2.87. The molecule has 2 aromatic carbocycles. The van der Waals surface area contributed by atoms with Gasteiger partial charge in [-0.25, -0.2) is 17.8 Å². The Kier molecular flexibility index (Phi) is 7.97. The molecule has 1 fully saturated rings. The molecule has 11 heteroatoms. The first-order valence-corrected chi connectivity index (χ1v) is 13.6. The molecule has 1 saturated heterocycles. The number of nitrogens with zero attached hydrogens (tertiary/aromatic N) is 2. The molecule has 0 atom stereocenters. The lowest BCUT2D eigenvalue weighted by atomic mass is 9.89. The van der Waals surface area contributed by atoms with E-state index in [9.17, 15) is 8.42 Å². The molecular weight excluding hydrogens is 505 g/mol. The van der Waals surface area contributed by atoms with Crippen molar-refractivity contribution in [3.8, 4) is 5.75 Å². The van der Waals surface area contributed by atoms with Crippen LogP contribution in [0.2, 0.25) is 5.02 Å². The highest BCUT2D eigenvalue weighted by molar-refractivity contribution is 7.92. The molecule has 8 nitrogen and oxygen atoms in total. The Labute approximate surface area is 215 Å². The summed E-state index contributed by atoms with van der Waals surface area (Å²) in [6, 6.07) is 9.64. The topological polar surface area (TPSA) is 105 Å². The number of halogens is 2. The number of piperidine rings is 1. The van der Waals surface area contributed by atoms with Crippen LogP contribution in [0.15, 0.2) is 47.5 Å². The number of anilines is 4. The summed E-state index contributed by atoms with van der Waals surface area (Å²) in [6.07, 6.45) is 3.09. The molecule has 0 unspecified atom stereocenters. The minimum Gasteiger partial charge on any atom is -0.495 e. The molecule has 192 valence electrons. The van der Waals surface area contributed by atoms with Crippen molar-refractivity contribution in [2.24, 2.45) is 0 Å². The largest absolute Gasteiger partial charge is 0.495 e. The molecule has 0 spiro atoms. The Morgan fingerprint density at radius 1 is 1.14 bits per heavy atom. The number of hydrogen-bond donors (Lipinski definition) is 3. The van der Waals surface area contributed by atoms with E-state index in [2.05, 4.69) is 25.9 Å². The first kappa shape index (κ1) is 26.1. The minimum absolute atomic E-state index is 0.124. The van der Waals surface area contributed by atoms with Gasteiger partial charge in [0.2, 0.25) is 5.95 Å². The Hall–Kier alpha value is -2.95. The average molecular weight is 534 g/mol. The van der Waals surface area contributed by atoms with Crippen LogP contribution in [-0.4, -0.2) is 43.8 Å². The summed E-state index contributed by atoms with van der Waals surface area (Å²) < 4.78 is 46.2. The van der Waals surface area contributed by atoms with Gasteiger partial charge in [0.15, 0.2) is 15.7 Å². The molecule has 0 bridgehead atoms. The molecule has 1 aliphatic heterocycles. The Morgan fingerprint density at radius 3 is 2.56 bits per heavy atom. The molecule has 4 rings (SSSR count). The third kappa shape index (κ3) is 5.55. The van der Waals surface area contributed by atoms with Crippen molar-refractivity contribution in [2.45, 2.75) is 42.8 Å². The van der Waals surface area contributed by atoms with Crippen LogP contribution >= 0.6 is 11.6 Å². The summed E-state index contributed by atoms with van der Waals surface area (Å²) in [5, 5.41) is 8.88. The second-order valence-corrected chi connectivity index (χ2v) is 11.7. The smallest absolute Gasteiger partial charge is 0.229 e. The number of aromatic nitrogens is 2. The van der Waals surface area contributed by atoms with E-state index in [-0.39, 0.29) is 33.4 Å². The molecule has 36 heavy (non-hydrogen) atoms. The van der Waals surface area contributed by atoms with Crippen molar-refractivity contribution >= 4 is 44.6 Å². The summed E-state index contributed by atoms with van der Waals surface area (Å²) in [6.45, 7) is 4.94. The van der Waals surface area contributed by atoms with Crippen LogP contribution in [0, 0.1) is 5.82 Å². The molecule has 0 radical (unpaired) electrons. The van der Waals surface area contributed by atoms with Crippen molar-refractivity contribution in [3.63, 3.8) is 0 Å². The van der Waals surface area contributed by atoms with Crippen LogP contribution < -0.4 is 20.7 Å². The summed E-state index contributed by atoms with van der Waals surface area (Å²) in [7, 11) is -2.03. The maximum atomic E-state index is 15.1. The second-order valence-electron chi connectivity index (χ2n) is 8.83. The molecule has 0 amide bonds. The minimum atomic E-state index is -3.55.